The highest BCUT2D eigenvalue weighted by Crippen LogP contribution is 2.46. The zero-order valence-corrected chi connectivity index (χ0v) is 9.20. The van der Waals surface area contributed by atoms with Crippen molar-refractivity contribution < 1.29 is 8.78 Å². The lowest BCUT2D eigenvalue weighted by Crippen LogP contribution is -2.15. The van der Waals surface area contributed by atoms with Gasteiger partial charge in [-0.1, -0.05) is 13.8 Å². The molecule has 0 spiro atoms. The highest BCUT2D eigenvalue weighted by atomic mass is 19.1. The average Bonchev–Trinajstić information content (AvgIpc) is 2.32. The van der Waals surface area contributed by atoms with E-state index >= 15 is 0 Å². The molecule has 1 aliphatic carbocycles. The third-order valence-corrected chi connectivity index (χ3v) is 3.21. The molecule has 0 heterocycles. The van der Waals surface area contributed by atoms with Gasteiger partial charge in [0.05, 0.1) is 0 Å². The molecule has 0 radical (unpaired) electrons. The Hall–Kier alpha value is -0.960. The number of halogens is 2. The molecular weight excluding hydrogens is 196 g/mol. The number of nitrogens with two attached hydrogens (primary N) is 1. The molecule has 0 saturated carbocycles. The lowest BCUT2D eigenvalue weighted by atomic mass is 9.85. The van der Waals surface area contributed by atoms with Gasteiger partial charge >= 0.3 is 0 Å². The van der Waals surface area contributed by atoms with Crippen LogP contribution in [0.4, 0.5) is 8.78 Å². The molecule has 1 atom stereocenters. The molecule has 0 bridgehead atoms. The van der Waals surface area contributed by atoms with Crippen molar-refractivity contribution in [2.45, 2.75) is 38.6 Å². The van der Waals surface area contributed by atoms with Crippen LogP contribution in [0.2, 0.25) is 0 Å². The molecule has 0 fully saturated rings. The monoisotopic (exact) mass is 211 g/mol. The maximum Gasteiger partial charge on any atom is 0.131 e. The first-order valence-electron chi connectivity index (χ1n) is 5.09. The largest absolute Gasteiger partial charge is 0.324 e. The summed E-state index contributed by atoms with van der Waals surface area (Å²) >= 11 is 0. The Morgan fingerprint density at radius 2 is 2.00 bits per heavy atom. The van der Waals surface area contributed by atoms with Crippen LogP contribution in [0.3, 0.4) is 0 Å². The minimum absolute atomic E-state index is 0.332. The topological polar surface area (TPSA) is 26.0 Å². The molecule has 2 rings (SSSR count). The molecule has 1 aliphatic rings. The van der Waals surface area contributed by atoms with Gasteiger partial charge in [-0.05, 0) is 30.4 Å². The van der Waals surface area contributed by atoms with Crippen LogP contribution in [0, 0.1) is 18.6 Å². The van der Waals surface area contributed by atoms with Gasteiger partial charge in [-0.2, -0.15) is 0 Å². The van der Waals surface area contributed by atoms with E-state index in [0.717, 1.165) is 0 Å². The van der Waals surface area contributed by atoms with E-state index in [-0.39, 0.29) is 23.1 Å². The first-order valence-corrected chi connectivity index (χ1v) is 5.09. The van der Waals surface area contributed by atoms with Gasteiger partial charge < -0.3 is 5.73 Å². The van der Waals surface area contributed by atoms with E-state index < -0.39 is 0 Å². The third kappa shape index (κ3) is 1.37. The Bertz CT molecular complexity index is 424. The molecule has 82 valence electrons. The number of benzene rings is 1. The highest BCUT2D eigenvalue weighted by molar-refractivity contribution is 5.45. The second kappa shape index (κ2) is 3.01. The number of fused-ring (bicyclic) bond motifs is 1. The van der Waals surface area contributed by atoms with Crippen molar-refractivity contribution in [1.82, 2.24) is 0 Å². The van der Waals surface area contributed by atoms with Crippen LogP contribution in [0.1, 0.15) is 43.0 Å². The Labute approximate surface area is 88.3 Å². The lowest BCUT2D eigenvalue weighted by Gasteiger charge is -2.19. The van der Waals surface area contributed by atoms with E-state index in [4.69, 9.17) is 5.73 Å². The summed E-state index contributed by atoms with van der Waals surface area (Å²) in [6.07, 6.45) is 0.597. The van der Waals surface area contributed by atoms with Crippen molar-refractivity contribution in [3.8, 4) is 0 Å². The second-order valence-corrected chi connectivity index (χ2v) is 4.97. The second-order valence-electron chi connectivity index (χ2n) is 4.97. The van der Waals surface area contributed by atoms with Gasteiger partial charge in [0.15, 0.2) is 0 Å². The minimum atomic E-state index is -0.385. The van der Waals surface area contributed by atoms with Gasteiger partial charge in [0.25, 0.3) is 0 Å². The summed E-state index contributed by atoms with van der Waals surface area (Å²) in [6.45, 7) is 5.36. The summed E-state index contributed by atoms with van der Waals surface area (Å²) in [5, 5.41) is 0. The molecule has 1 nitrogen and oxygen atoms in total. The molecule has 0 aromatic heterocycles. The minimum Gasteiger partial charge on any atom is -0.324 e. The van der Waals surface area contributed by atoms with E-state index in [1.165, 1.54) is 6.07 Å². The zero-order chi connectivity index (χ0) is 11.4. The molecule has 0 unspecified atom stereocenters. The predicted molar refractivity (Wildman–Crippen MR) is 55.7 cm³/mol. The van der Waals surface area contributed by atoms with Gasteiger partial charge in [-0.15, -0.1) is 0 Å². The molecule has 3 heteroatoms. The fourth-order valence-corrected chi connectivity index (χ4v) is 2.57. The molecule has 1 aromatic rings. The standard InChI is InChI=1S/C12H15F2N/c1-6-4-7(13)10-9(11(6)14)8(15)5-12(10,2)3/h4,8H,5,15H2,1-3H3/t8-/m0/s1. The first-order chi connectivity index (χ1) is 6.84. The summed E-state index contributed by atoms with van der Waals surface area (Å²) in [7, 11) is 0. The summed E-state index contributed by atoms with van der Waals surface area (Å²) in [6, 6.07) is 0.873. The van der Waals surface area contributed by atoms with Crippen LogP contribution in [0.15, 0.2) is 6.07 Å². The molecule has 0 aliphatic heterocycles. The van der Waals surface area contributed by atoms with Crippen LogP contribution in [0.25, 0.3) is 0 Å². The van der Waals surface area contributed by atoms with E-state index in [0.29, 0.717) is 23.1 Å². The maximum absolute atomic E-state index is 13.8. The first kappa shape index (κ1) is 10.6. The maximum atomic E-state index is 13.8. The quantitative estimate of drug-likeness (QED) is 0.701. The van der Waals surface area contributed by atoms with E-state index in [2.05, 4.69) is 0 Å². The lowest BCUT2D eigenvalue weighted by molar-refractivity contribution is 0.461. The summed E-state index contributed by atoms with van der Waals surface area (Å²) in [4.78, 5) is 0. The smallest absolute Gasteiger partial charge is 0.131 e. The van der Waals surface area contributed by atoms with E-state index in [1.807, 2.05) is 13.8 Å². The third-order valence-electron chi connectivity index (χ3n) is 3.21. The van der Waals surface area contributed by atoms with Crippen LogP contribution >= 0.6 is 0 Å². The highest BCUT2D eigenvalue weighted by Gasteiger charge is 2.40. The van der Waals surface area contributed by atoms with Crippen molar-refractivity contribution >= 4 is 0 Å². The molecule has 0 amide bonds. The van der Waals surface area contributed by atoms with Gasteiger partial charge in [0, 0.05) is 17.2 Å². The number of rotatable bonds is 0. The fourth-order valence-electron chi connectivity index (χ4n) is 2.57. The van der Waals surface area contributed by atoms with Crippen LogP contribution in [0.5, 0.6) is 0 Å². The Morgan fingerprint density at radius 3 is 2.60 bits per heavy atom. The predicted octanol–water partition coefficient (Wildman–Crippen LogP) is 2.95. The Kier molecular flexibility index (Phi) is 2.12. The Morgan fingerprint density at radius 1 is 1.40 bits per heavy atom. The van der Waals surface area contributed by atoms with Gasteiger partial charge in [-0.3, -0.25) is 0 Å². The number of hydrogen-bond donors (Lipinski definition) is 1. The van der Waals surface area contributed by atoms with Crippen molar-refractivity contribution in [2.75, 3.05) is 0 Å². The van der Waals surface area contributed by atoms with Gasteiger partial charge in [0.1, 0.15) is 11.6 Å². The zero-order valence-electron chi connectivity index (χ0n) is 9.20. The van der Waals surface area contributed by atoms with E-state index in [1.54, 1.807) is 6.92 Å². The van der Waals surface area contributed by atoms with Crippen molar-refractivity contribution in [3.05, 3.63) is 34.4 Å². The van der Waals surface area contributed by atoms with E-state index in [9.17, 15) is 8.78 Å². The van der Waals surface area contributed by atoms with Crippen LogP contribution in [-0.4, -0.2) is 0 Å². The van der Waals surface area contributed by atoms with Crippen molar-refractivity contribution in [1.29, 1.82) is 0 Å². The molecule has 15 heavy (non-hydrogen) atoms. The van der Waals surface area contributed by atoms with Gasteiger partial charge in [-0.25, -0.2) is 8.78 Å². The fraction of sp³-hybridized carbons (Fsp3) is 0.500. The molecule has 0 saturated heterocycles. The number of hydrogen-bond acceptors (Lipinski definition) is 1. The Balaban J connectivity index is 2.78. The molecule has 1 aromatic carbocycles. The normalized spacial score (nSPS) is 22.9. The van der Waals surface area contributed by atoms with Crippen LogP contribution < -0.4 is 5.73 Å². The van der Waals surface area contributed by atoms with Crippen molar-refractivity contribution in [3.63, 3.8) is 0 Å². The molecular formula is C12H15F2N. The SMILES string of the molecule is Cc1cc(F)c2c(c1F)[C@@H](N)CC2(C)C. The summed E-state index contributed by atoms with van der Waals surface area (Å²) in [5.74, 6) is -0.675. The average molecular weight is 211 g/mol. The van der Waals surface area contributed by atoms with Crippen molar-refractivity contribution in [2.24, 2.45) is 5.73 Å². The van der Waals surface area contributed by atoms with Gasteiger partial charge in [0.2, 0.25) is 0 Å². The summed E-state index contributed by atoms with van der Waals surface area (Å²) in [5.41, 5.74) is 6.65. The molecule has 2 N–H and O–H groups in total. The number of aryl methyl sites for hydroxylation is 1. The summed E-state index contributed by atoms with van der Waals surface area (Å²) < 4.78 is 27.6. The van der Waals surface area contributed by atoms with Crippen LogP contribution in [-0.2, 0) is 5.41 Å².